The van der Waals surface area contributed by atoms with Gasteiger partial charge in [0.1, 0.15) is 11.4 Å². The average Bonchev–Trinajstić information content (AvgIpc) is 3.41. The lowest BCUT2D eigenvalue weighted by Crippen LogP contribution is -2.32. The van der Waals surface area contributed by atoms with Crippen LogP contribution >= 0.6 is 0 Å². The van der Waals surface area contributed by atoms with E-state index in [0.717, 1.165) is 36.4 Å². The number of unbranched alkanes of at least 4 members (excludes halogenated alkanes) is 1. The fourth-order valence-electron chi connectivity index (χ4n) is 3.79. The van der Waals surface area contributed by atoms with Gasteiger partial charge in [0.15, 0.2) is 17.5 Å². The van der Waals surface area contributed by atoms with Gasteiger partial charge in [-0.3, -0.25) is 14.7 Å². The number of rotatable bonds is 8. The van der Waals surface area contributed by atoms with E-state index < -0.39 is 23.4 Å². The molecule has 1 fully saturated rings. The number of nitrogens with one attached hydrogen (secondary N) is 1. The monoisotopic (exact) mass is 497 g/mol. The SMILES string of the molecule is CCCC/N=C1\N/C(=C\c2ccc(-n3cnc(C)c3)c(OC)c2)C(=O)N1Cc1cc(F)c(F)c(F)c1. The molecule has 188 valence electrons. The first-order valence-corrected chi connectivity index (χ1v) is 11.5. The van der Waals surface area contributed by atoms with Crippen LogP contribution < -0.4 is 10.1 Å². The number of hydrogen-bond acceptors (Lipinski definition) is 4. The molecule has 2 aromatic carbocycles. The lowest BCUT2D eigenvalue weighted by Gasteiger charge is -2.15. The van der Waals surface area contributed by atoms with Gasteiger partial charge in [-0.1, -0.05) is 19.4 Å². The van der Waals surface area contributed by atoms with E-state index in [4.69, 9.17) is 4.74 Å². The number of imidazole rings is 1. The molecule has 36 heavy (non-hydrogen) atoms. The number of halogens is 3. The van der Waals surface area contributed by atoms with Crippen molar-refractivity contribution in [3.8, 4) is 11.4 Å². The normalized spacial score (nSPS) is 15.7. The molecule has 1 aliphatic heterocycles. The number of nitrogens with zero attached hydrogens (tertiary/aromatic N) is 4. The number of hydrogen-bond donors (Lipinski definition) is 1. The second kappa shape index (κ2) is 10.7. The zero-order valence-electron chi connectivity index (χ0n) is 20.2. The molecule has 7 nitrogen and oxygen atoms in total. The molecule has 1 aromatic heterocycles. The molecule has 1 saturated heterocycles. The summed E-state index contributed by atoms with van der Waals surface area (Å²) < 4.78 is 48.3. The van der Waals surface area contributed by atoms with Gasteiger partial charge in [-0.15, -0.1) is 0 Å². The van der Waals surface area contributed by atoms with Crippen LogP contribution in [0.2, 0.25) is 0 Å². The van der Waals surface area contributed by atoms with Crippen molar-refractivity contribution in [3.05, 3.63) is 82.8 Å². The van der Waals surface area contributed by atoms with Crippen molar-refractivity contribution in [3.63, 3.8) is 0 Å². The van der Waals surface area contributed by atoms with Crippen LogP contribution in [0.4, 0.5) is 13.2 Å². The minimum absolute atomic E-state index is 0.104. The zero-order valence-corrected chi connectivity index (χ0v) is 20.2. The first-order chi connectivity index (χ1) is 17.3. The molecule has 0 aliphatic carbocycles. The van der Waals surface area contributed by atoms with E-state index in [-0.39, 0.29) is 23.8 Å². The molecule has 1 N–H and O–H groups in total. The molecule has 1 amide bonds. The minimum atomic E-state index is -1.55. The highest BCUT2D eigenvalue weighted by Gasteiger charge is 2.32. The van der Waals surface area contributed by atoms with Crippen molar-refractivity contribution >= 4 is 17.9 Å². The molecule has 4 rings (SSSR count). The molecule has 3 aromatic rings. The van der Waals surface area contributed by atoms with Gasteiger partial charge >= 0.3 is 0 Å². The molecule has 0 spiro atoms. The lowest BCUT2D eigenvalue weighted by atomic mass is 10.1. The summed E-state index contributed by atoms with van der Waals surface area (Å²) in [5, 5.41) is 3.02. The number of ether oxygens (including phenoxy) is 1. The van der Waals surface area contributed by atoms with E-state index in [1.54, 1.807) is 25.6 Å². The van der Waals surface area contributed by atoms with Gasteiger partial charge in [0.2, 0.25) is 5.96 Å². The second-order valence-corrected chi connectivity index (χ2v) is 8.36. The van der Waals surface area contributed by atoms with Gasteiger partial charge in [0, 0.05) is 12.7 Å². The minimum Gasteiger partial charge on any atom is -0.495 e. The van der Waals surface area contributed by atoms with Gasteiger partial charge in [0.25, 0.3) is 5.91 Å². The summed E-state index contributed by atoms with van der Waals surface area (Å²) >= 11 is 0. The number of aromatic nitrogens is 2. The van der Waals surface area contributed by atoms with E-state index in [9.17, 15) is 18.0 Å². The Morgan fingerprint density at radius 3 is 2.56 bits per heavy atom. The van der Waals surface area contributed by atoms with Crippen LogP contribution in [0.3, 0.4) is 0 Å². The van der Waals surface area contributed by atoms with Crippen molar-refractivity contribution in [1.82, 2.24) is 19.8 Å². The van der Waals surface area contributed by atoms with E-state index in [0.29, 0.717) is 17.9 Å². The number of carbonyl (C=O) groups excluding carboxylic acids is 1. The molecular formula is C26H26F3N5O2. The summed E-state index contributed by atoms with van der Waals surface area (Å²) in [6, 6.07) is 7.21. The van der Waals surface area contributed by atoms with Crippen molar-refractivity contribution < 1.29 is 22.7 Å². The quantitative estimate of drug-likeness (QED) is 0.277. The number of aliphatic imine (C=N–C) groups is 1. The largest absolute Gasteiger partial charge is 0.495 e. The van der Waals surface area contributed by atoms with Gasteiger partial charge in [-0.05, 0) is 54.8 Å². The predicted molar refractivity (Wildman–Crippen MR) is 130 cm³/mol. The van der Waals surface area contributed by atoms with Crippen LogP contribution in [0.25, 0.3) is 11.8 Å². The molecule has 1 aliphatic rings. The number of benzene rings is 2. The third-order valence-electron chi connectivity index (χ3n) is 5.64. The lowest BCUT2D eigenvalue weighted by molar-refractivity contribution is -0.122. The predicted octanol–water partition coefficient (Wildman–Crippen LogP) is 4.74. The Kier molecular flexibility index (Phi) is 7.42. The molecule has 0 bridgehead atoms. The van der Waals surface area contributed by atoms with Gasteiger partial charge in [-0.25, -0.2) is 18.2 Å². The van der Waals surface area contributed by atoms with E-state index >= 15 is 0 Å². The van der Waals surface area contributed by atoms with Crippen LogP contribution in [0, 0.1) is 24.4 Å². The highest BCUT2D eigenvalue weighted by Crippen LogP contribution is 2.27. The smallest absolute Gasteiger partial charge is 0.277 e. The molecule has 0 radical (unpaired) electrons. The average molecular weight is 498 g/mol. The van der Waals surface area contributed by atoms with Gasteiger partial charge in [0.05, 0.1) is 31.4 Å². The number of methoxy groups -OCH3 is 1. The van der Waals surface area contributed by atoms with Crippen molar-refractivity contribution in [2.24, 2.45) is 4.99 Å². The van der Waals surface area contributed by atoms with E-state index in [1.165, 1.54) is 4.90 Å². The first kappa shape index (κ1) is 25.0. The Bertz CT molecular complexity index is 1330. The fraction of sp³-hybridized carbons (Fsp3) is 0.269. The van der Waals surface area contributed by atoms with Crippen LogP contribution in [0.1, 0.15) is 36.6 Å². The maximum absolute atomic E-state index is 13.8. The maximum atomic E-state index is 13.8. The molecule has 10 heteroatoms. The van der Waals surface area contributed by atoms with Crippen molar-refractivity contribution in [2.75, 3.05) is 13.7 Å². The van der Waals surface area contributed by atoms with Gasteiger partial charge < -0.3 is 14.6 Å². The molecule has 0 saturated carbocycles. The summed E-state index contributed by atoms with van der Waals surface area (Å²) in [6.07, 6.45) is 6.92. The van der Waals surface area contributed by atoms with Crippen molar-refractivity contribution in [1.29, 1.82) is 0 Å². The summed E-state index contributed by atoms with van der Waals surface area (Å²) in [5.41, 5.74) is 2.68. The van der Waals surface area contributed by atoms with Crippen LogP contribution in [-0.4, -0.2) is 40.0 Å². The maximum Gasteiger partial charge on any atom is 0.277 e. The Morgan fingerprint density at radius 1 is 1.17 bits per heavy atom. The van der Waals surface area contributed by atoms with Gasteiger partial charge in [-0.2, -0.15) is 0 Å². The Labute approximate surface area is 206 Å². The topological polar surface area (TPSA) is 71.7 Å². The molecular weight excluding hydrogens is 471 g/mol. The number of carbonyl (C=O) groups is 1. The molecule has 0 atom stereocenters. The second-order valence-electron chi connectivity index (χ2n) is 8.36. The van der Waals surface area contributed by atoms with E-state index in [2.05, 4.69) is 15.3 Å². The number of amides is 1. The zero-order chi connectivity index (χ0) is 25.8. The Morgan fingerprint density at radius 2 is 1.92 bits per heavy atom. The number of guanidine groups is 1. The third kappa shape index (κ3) is 5.27. The van der Waals surface area contributed by atoms with Crippen molar-refractivity contribution in [2.45, 2.75) is 33.2 Å². The highest BCUT2D eigenvalue weighted by molar-refractivity contribution is 6.15. The summed E-state index contributed by atoms with van der Waals surface area (Å²) in [6.45, 7) is 4.20. The highest BCUT2D eigenvalue weighted by atomic mass is 19.2. The Hall–Kier alpha value is -4.08. The Balaban J connectivity index is 1.65. The summed E-state index contributed by atoms with van der Waals surface area (Å²) in [5.74, 6) is -3.76. The number of aryl methyl sites for hydroxylation is 1. The van der Waals surface area contributed by atoms with Crippen LogP contribution in [-0.2, 0) is 11.3 Å². The first-order valence-electron chi connectivity index (χ1n) is 11.5. The fourth-order valence-corrected chi connectivity index (χ4v) is 3.79. The third-order valence-corrected chi connectivity index (χ3v) is 5.64. The van der Waals surface area contributed by atoms with Crippen LogP contribution in [0.15, 0.2) is 53.5 Å². The summed E-state index contributed by atoms with van der Waals surface area (Å²) in [4.78, 5) is 23.2. The van der Waals surface area contributed by atoms with E-state index in [1.807, 2.05) is 36.7 Å². The van der Waals surface area contributed by atoms with Crippen LogP contribution in [0.5, 0.6) is 5.75 Å². The molecule has 0 unspecified atom stereocenters. The standard InChI is InChI=1S/C26H26F3N5O2/c1-4-5-8-30-26-32-21(25(35)34(26)14-18-9-19(27)24(29)20(28)10-18)11-17-6-7-22(23(12-17)36-3)33-13-16(2)31-15-33/h6-7,9-13,15H,4-5,8,14H2,1-3H3,(H,30,32)/b21-11-. The summed E-state index contributed by atoms with van der Waals surface area (Å²) in [7, 11) is 1.56. The molecule has 2 heterocycles.